The van der Waals surface area contributed by atoms with Gasteiger partial charge in [0.25, 0.3) is 0 Å². The number of anilines is 1. The lowest BCUT2D eigenvalue weighted by Crippen LogP contribution is -2.46. The van der Waals surface area contributed by atoms with E-state index in [1.165, 1.54) is 35.6 Å². The molecular weight excluding hydrogens is 422 g/mol. The largest absolute Gasteiger partial charge is 0.305 e. The first-order valence-corrected chi connectivity index (χ1v) is 11.3. The summed E-state index contributed by atoms with van der Waals surface area (Å²) in [6.07, 6.45) is 3.81. The van der Waals surface area contributed by atoms with Crippen LogP contribution in [0.25, 0.3) is 10.4 Å². The minimum absolute atomic E-state index is 0.0380. The molecule has 1 aromatic heterocycles. The summed E-state index contributed by atoms with van der Waals surface area (Å²) in [5.41, 5.74) is 1.41. The molecule has 2 aliphatic rings. The average Bonchev–Trinajstić information content (AvgIpc) is 3.08. The van der Waals surface area contributed by atoms with E-state index in [1.807, 2.05) is 12.1 Å². The molecule has 1 amide bonds. The maximum atomic E-state index is 14.0. The summed E-state index contributed by atoms with van der Waals surface area (Å²) < 4.78 is 30.6. The summed E-state index contributed by atoms with van der Waals surface area (Å²) in [6.45, 7) is 0.258. The molecule has 0 spiro atoms. The third-order valence-corrected chi connectivity index (χ3v) is 7.47. The van der Waals surface area contributed by atoms with Gasteiger partial charge in [-0.2, -0.15) is 0 Å². The highest BCUT2D eigenvalue weighted by Crippen LogP contribution is 2.49. The number of carbonyl (C=O) groups is 1. The number of amides is 1. The van der Waals surface area contributed by atoms with Gasteiger partial charge in [-0.15, -0.1) is 11.3 Å². The van der Waals surface area contributed by atoms with Crippen molar-refractivity contribution in [1.29, 1.82) is 0 Å². The highest BCUT2D eigenvalue weighted by molar-refractivity contribution is 7.73. The Morgan fingerprint density at radius 1 is 1.03 bits per heavy atom. The molecule has 2 aromatic carbocycles. The Morgan fingerprint density at radius 3 is 2.53 bits per heavy atom. The van der Waals surface area contributed by atoms with E-state index in [0.717, 1.165) is 30.6 Å². The Labute approximate surface area is 182 Å². The molecular formula is C23H20F2N2OS2. The van der Waals surface area contributed by atoms with E-state index in [4.69, 9.17) is 12.2 Å². The van der Waals surface area contributed by atoms with Gasteiger partial charge in [-0.25, -0.2) is 8.78 Å². The van der Waals surface area contributed by atoms with Crippen molar-refractivity contribution in [1.82, 2.24) is 4.57 Å². The predicted molar refractivity (Wildman–Crippen MR) is 117 cm³/mol. The van der Waals surface area contributed by atoms with Gasteiger partial charge in [-0.05, 0) is 60.5 Å². The van der Waals surface area contributed by atoms with Gasteiger partial charge in [0.1, 0.15) is 17.5 Å². The van der Waals surface area contributed by atoms with E-state index in [9.17, 15) is 13.6 Å². The van der Waals surface area contributed by atoms with Gasteiger partial charge in [-0.1, -0.05) is 37.1 Å². The number of hydrogen-bond donors (Lipinski definition) is 0. The van der Waals surface area contributed by atoms with Crippen LogP contribution in [-0.2, 0) is 11.3 Å². The molecule has 3 nitrogen and oxygen atoms in total. The van der Waals surface area contributed by atoms with Crippen molar-refractivity contribution in [3.8, 4) is 10.4 Å². The number of benzene rings is 2. The Balaban J connectivity index is 1.70. The van der Waals surface area contributed by atoms with Crippen LogP contribution in [0.15, 0.2) is 48.5 Å². The Kier molecular flexibility index (Phi) is 5.03. The Hall–Kier alpha value is -2.38. The normalized spacial score (nSPS) is 20.7. The van der Waals surface area contributed by atoms with Crippen molar-refractivity contribution >= 4 is 35.3 Å². The van der Waals surface area contributed by atoms with Crippen molar-refractivity contribution < 1.29 is 13.6 Å². The van der Waals surface area contributed by atoms with Crippen LogP contribution < -0.4 is 4.90 Å². The van der Waals surface area contributed by atoms with E-state index in [1.54, 1.807) is 17.0 Å². The maximum absolute atomic E-state index is 14.0. The van der Waals surface area contributed by atoms with Gasteiger partial charge in [0.2, 0.25) is 5.91 Å². The number of fused-ring (bicyclic) bond motifs is 3. The van der Waals surface area contributed by atoms with Crippen LogP contribution in [0.1, 0.15) is 37.3 Å². The monoisotopic (exact) mass is 442 g/mol. The number of nitrogens with zero attached hydrogens (tertiary/aromatic N) is 2. The lowest BCUT2D eigenvalue weighted by Gasteiger charge is -2.42. The Morgan fingerprint density at radius 2 is 1.77 bits per heavy atom. The summed E-state index contributed by atoms with van der Waals surface area (Å²) >= 11 is 7.14. The molecule has 154 valence electrons. The number of rotatable bonds is 3. The molecule has 0 saturated heterocycles. The minimum atomic E-state index is -0.333. The second kappa shape index (κ2) is 7.71. The molecule has 2 heterocycles. The number of halogens is 2. The molecule has 3 aromatic rings. The Bertz CT molecular complexity index is 1190. The molecule has 0 bridgehead atoms. The van der Waals surface area contributed by atoms with E-state index in [2.05, 4.69) is 4.57 Å². The van der Waals surface area contributed by atoms with Crippen LogP contribution in [0.3, 0.4) is 0 Å². The molecule has 1 saturated carbocycles. The number of aromatic nitrogens is 1. The fraction of sp³-hybridized carbons (Fsp3) is 0.304. The molecule has 0 radical (unpaired) electrons. The van der Waals surface area contributed by atoms with E-state index < -0.39 is 0 Å². The van der Waals surface area contributed by atoms with Gasteiger partial charge in [0, 0.05) is 6.04 Å². The third-order valence-electron chi connectivity index (χ3n) is 6.03. The second-order valence-corrected chi connectivity index (χ2v) is 9.56. The number of hydrogen-bond acceptors (Lipinski definition) is 3. The van der Waals surface area contributed by atoms with Gasteiger partial charge in [0.05, 0.1) is 17.3 Å². The van der Waals surface area contributed by atoms with Gasteiger partial charge in [-0.3, -0.25) is 9.69 Å². The highest BCUT2D eigenvalue weighted by Gasteiger charge is 2.43. The molecule has 1 fully saturated rings. The third kappa shape index (κ3) is 3.30. The van der Waals surface area contributed by atoms with Crippen molar-refractivity contribution in [2.24, 2.45) is 5.92 Å². The maximum Gasteiger partial charge on any atom is 0.233 e. The zero-order chi connectivity index (χ0) is 20.8. The zero-order valence-electron chi connectivity index (χ0n) is 16.2. The quantitative estimate of drug-likeness (QED) is 0.433. The molecule has 0 N–H and O–H groups in total. The first-order chi connectivity index (χ1) is 14.5. The van der Waals surface area contributed by atoms with Crippen molar-refractivity contribution in [3.05, 3.63) is 69.7 Å². The fourth-order valence-corrected chi connectivity index (χ4v) is 6.24. The molecule has 2 atom stereocenters. The van der Waals surface area contributed by atoms with Crippen LogP contribution in [0.2, 0.25) is 0 Å². The van der Waals surface area contributed by atoms with E-state index in [-0.39, 0.29) is 36.0 Å². The van der Waals surface area contributed by atoms with Gasteiger partial charge in [0.15, 0.2) is 3.95 Å². The summed E-state index contributed by atoms with van der Waals surface area (Å²) in [7, 11) is 0. The molecule has 30 heavy (non-hydrogen) atoms. The summed E-state index contributed by atoms with van der Waals surface area (Å²) in [4.78, 5) is 16.1. The lowest BCUT2D eigenvalue weighted by atomic mass is 9.82. The first-order valence-electron chi connectivity index (χ1n) is 10.1. The second-order valence-electron chi connectivity index (χ2n) is 7.91. The standard InChI is InChI=1S/C23H20F2N2OS2/c24-16-7-3-5-14(11-16)13-26-21-20(15-6-4-8-17(25)12-15)30-23(29)27(21)19-10-2-1-9-18(19)22(26)28/h3-8,11-12,18-19H,1-2,9-10,13H2. The molecule has 2 unspecified atom stereocenters. The van der Waals surface area contributed by atoms with Crippen molar-refractivity contribution in [2.75, 3.05) is 4.90 Å². The predicted octanol–water partition coefficient (Wildman–Crippen LogP) is 6.50. The summed E-state index contributed by atoms with van der Waals surface area (Å²) in [6, 6.07) is 12.7. The number of carbonyl (C=O) groups excluding carboxylic acids is 1. The van der Waals surface area contributed by atoms with E-state index >= 15 is 0 Å². The topological polar surface area (TPSA) is 25.2 Å². The van der Waals surface area contributed by atoms with Crippen LogP contribution in [-0.4, -0.2) is 10.5 Å². The van der Waals surface area contributed by atoms with Crippen LogP contribution >= 0.6 is 23.6 Å². The first kappa shape index (κ1) is 19.6. The van der Waals surface area contributed by atoms with Crippen LogP contribution in [0.5, 0.6) is 0 Å². The van der Waals surface area contributed by atoms with Crippen LogP contribution in [0.4, 0.5) is 14.6 Å². The van der Waals surface area contributed by atoms with Gasteiger partial charge >= 0.3 is 0 Å². The summed E-state index contributed by atoms with van der Waals surface area (Å²) in [5, 5.41) is 0. The molecule has 5 rings (SSSR count). The molecule has 1 aliphatic carbocycles. The molecule has 7 heteroatoms. The molecule has 1 aliphatic heterocycles. The zero-order valence-corrected chi connectivity index (χ0v) is 17.8. The number of thiazole rings is 1. The fourth-order valence-electron chi connectivity index (χ4n) is 4.72. The van der Waals surface area contributed by atoms with Crippen molar-refractivity contribution in [2.45, 2.75) is 38.3 Å². The van der Waals surface area contributed by atoms with Gasteiger partial charge < -0.3 is 4.57 Å². The average molecular weight is 443 g/mol. The smallest absolute Gasteiger partial charge is 0.233 e. The van der Waals surface area contributed by atoms with E-state index in [0.29, 0.717) is 20.9 Å². The van der Waals surface area contributed by atoms with Crippen molar-refractivity contribution in [3.63, 3.8) is 0 Å². The summed E-state index contributed by atoms with van der Waals surface area (Å²) in [5.74, 6) is -0.0242. The SMILES string of the molecule is O=C1C2CCCCC2n2c(c(-c3cccc(F)c3)sc2=S)N1Cc1cccc(F)c1. The highest BCUT2D eigenvalue weighted by atomic mass is 32.1. The minimum Gasteiger partial charge on any atom is -0.305 e. The lowest BCUT2D eigenvalue weighted by molar-refractivity contribution is -0.126. The van der Waals surface area contributed by atoms with Crippen LogP contribution in [0, 0.1) is 21.5 Å².